The molecule has 0 saturated heterocycles. The zero-order chi connectivity index (χ0) is 14.6. The fourth-order valence-corrected chi connectivity index (χ4v) is 1.97. The summed E-state index contributed by atoms with van der Waals surface area (Å²) in [5, 5.41) is 12.6. The summed E-state index contributed by atoms with van der Waals surface area (Å²) in [5.74, 6) is -0.163. The van der Waals surface area contributed by atoms with E-state index in [4.69, 9.17) is 5.73 Å². The van der Waals surface area contributed by atoms with Crippen molar-refractivity contribution in [1.82, 2.24) is 5.32 Å². The van der Waals surface area contributed by atoms with Crippen LogP contribution in [0.1, 0.15) is 31.1 Å². The van der Waals surface area contributed by atoms with E-state index in [0.29, 0.717) is 24.3 Å². The van der Waals surface area contributed by atoms with E-state index in [-0.39, 0.29) is 5.91 Å². The predicted octanol–water partition coefficient (Wildman–Crippen LogP) is 1.23. The topological polar surface area (TPSA) is 78.6 Å². The van der Waals surface area contributed by atoms with Gasteiger partial charge >= 0.3 is 0 Å². The summed E-state index contributed by atoms with van der Waals surface area (Å²) in [5.41, 5.74) is 6.85. The Balaban J connectivity index is 3.21. The maximum atomic E-state index is 11.9. The molecule has 0 fully saturated rings. The van der Waals surface area contributed by atoms with Crippen molar-refractivity contribution in [2.24, 2.45) is 0 Å². The molecule has 1 rings (SSSR count). The zero-order valence-electron chi connectivity index (χ0n) is 12.0. The van der Waals surface area contributed by atoms with E-state index in [1.54, 1.807) is 39.1 Å². The number of nitrogen functional groups attached to an aromatic ring is 1. The molecule has 0 aromatic heterocycles. The van der Waals surface area contributed by atoms with E-state index in [2.05, 4.69) is 5.32 Å². The van der Waals surface area contributed by atoms with Crippen molar-refractivity contribution in [2.45, 2.75) is 26.4 Å². The molecule has 1 aromatic rings. The Bertz CT molecular complexity index is 452. The SMILES string of the molecule is CCN(CC(C)(C)O)c1cc(N)ccc1C(=O)NC. The number of aliphatic hydroxyl groups is 1. The Morgan fingerprint density at radius 3 is 2.58 bits per heavy atom. The lowest BCUT2D eigenvalue weighted by Crippen LogP contribution is -2.39. The van der Waals surface area contributed by atoms with Gasteiger partial charge in [-0.25, -0.2) is 0 Å². The van der Waals surface area contributed by atoms with E-state index < -0.39 is 5.60 Å². The van der Waals surface area contributed by atoms with Gasteiger partial charge in [0, 0.05) is 25.8 Å². The average Bonchev–Trinajstić information content (AvgIpc) is 2.33. The smallest absolute Gasteiger partial charge is 0.253 e. The Hall–Kier alpha value is -1.75. The molecule has 4 N–H and O–H groups in total. The van der Waals surface area contributed by atoms with Gasteiger partial charge in [0.2, 0.25) is 0 Å². The maximum Gasteiger partial charge on any atom is 0.253 e. The number of likely N-dealkylation sites (N-methyl/N-ethyl adjacent to an activating group) is 1. The van der Waals surface area contributed by atoms with Gasteiger partial charge in [-0.05, 0) is 39.0 Å². The van der Waals surface area contributed by atoms with Crippen molar-refractivity contribution in [2.75, 3.05) is 30.8 Å². The molecule has 0 atom stereocenters. The van der Waals surface area contributed by atoms with Gasteiger partial charge in [-0.15, -0.1) is 0 Å². The highest BCUT2D eigenvalue weighted by molar-refractivity contribution is 6.00. The lowest BCUT2D eigenvalue weighted by molar-refractivity contribution is 0.0870. The van der Waals surface area contributed by atoms with E-state index in [1.807, 2.05) is 11.8 Å². The van der Waals surface area contributed by atoms with E-state index in [0.717, 1.165) is 5.69 Å². The number of rotatable bonds is 5. The van der Waals surface area contributed by atoms with Gasteiger partial charge < -0.3 is 21.1 Å². The van der Waals surface area contributed by atoms with Crippen molar-refractivity contribution in [3.8, 4) is 0 Å². The molecule has 5 nitrogen and oxygen atoms in total. The second-order valence-corrected chi connectivity index (χ2v) is 5.18. The lowest BCUT2D eigenvalue weighted by atomic mass is 10.1. The zero-order valence-corrected chi connectivity index (χ0v) is 12.0. The third-order valence-electron chi connectivity index (χ3n) is 2.79. The molecule has 0 aliphatic carbocycles. The van der Waals surface area contributed by atoms with Crippen LogP contribution in [0.2, 0.25) is 0 Å². The minimum Gasteiger partial charge on any atom is -0.399 e. The predicted molar refractivity (Wildman–Crippen MR) is 78.4 cm³/mol. The molecular formula is C14H23N3O2. The molecule has 106 valence electrons. The number of nitrogens with zero attached hydrogens (tertiary/aromatic N) is 1. The first-order chi connectivity index (χ1) is 8.78. The highest BCUT2D eigenvalue weighted by atomic mass is 16.3. The van der Waals surface area contributed by atoms with Gasteiger partial charge in [0.1, 0.15) is 0 Å². The molecule has 0 heterocycles. The number of carbonyl (C=O) groups is 1. The number of nitrogens with one attached hydrogen (secondary N) is 1. The number of anilines is 2. The summed E-state index contributed by atoms with van der Waals surface area (Å²) in [6.07, 6.45) is 0. The summed E-state index contributed by atoms with van der Waals surface area (Å²) in [6, 6.07) is 5.17. The molecule has 1 aromatic carbocycles. The van der Waals surface area contributed by atoms with E-state index in [9.17, 15) is 9.90 Å². The standard InChI is InChI=1S/C14H23N3O2/c1-5-17(9-14(2,3)19)12-8-10(15)6-7-11(12)13(18)16-4/h6-8,19H,5,9,15H2,1-4H3,(H,16,18). The first-order valence-corrected chi connectivity index (χ1v) is 6.37. The monoisotopic (exact) mass is 265 g/mol. The molecule has 5 heteroatoms. The van der Waals surface area contributed by atoms with Gasteiger partial charge in [0.25, 0.3) is 5.91 Å². The summed E-state index contributed by atoms with van der Waals surface area (Å²) >= 11 is 0. The van der Waals surface area contributed by atoms with Crippen LogP contribution in [0.3, 0.4) is 0 Å². The quantitative estimate of drug-likeness (QED) is 0.700. The van der Waals surface area contributed by atoms with Gasteiger partial charge in [-0.1, -0.05) is 0 Å². The Labute approximate surface area is 114 Å². The highest BCUT2D eigenvalue weighted by Crippen LogP contribution is 2.25. The first-order valence-electron chi connectivity index (χ1n) is 6.37. The number of hydrogen-bond acceptors (Lipinski definition) is 4. The second-order valence-electron chi connectivity index (χ2n) is 5.18. The van der Waals surface area contributed by atoms with Gasteiger partial charge in [-0.2, -0.15) is 0 Å². The van der Waals surface area contributed by atoms with Gasteiger partial charge in [0.15, 0.2) is 0 Å². The lowest BCUT2D eigenvalue weighted by Gasteiger charge is -2.31. The van der Waals surface area contributed by atoms with Crippen LogP contribution in [0.4, 0.5) is 11.4 Å². The normalized spacial score (nSPS) is 11.2. The van der Waals surface area contributed by atoms with Crippen molar-refractivity contribution in [3.05, 3.63) is 23.8 Å². The maximum absolute atomic E-state index is 11.9. The van der Waals surface area contributed by atoms with Crippen LogP contribution < -0.4 is 16.0 Å². The van der Waals surface area contributed by atoms with Crippen molar-refractivity contribution in [3.63, 3.8) is 0 Å². The number of hydrogen-bond donors (Lipinski definition) is 3. The van der Waals surface area contributed by atoms with Crippen molar-refractivity contribution >= 4 is 17.3 Å². The molecule has 0 radical (unpaired) electrons. The average molecular weight is 265 g/mol. The molecule has 0 spiro atoms. The van der Waals surface area contributed by atoms with Crippen LogP contribution in [-0.2, 0) is 0 Å². The summed E-state index contributed by atoms with van der Waals surface area (Å²) in [4.78, 5) is 13.8. The van der Waals surface area contributed by atoms with Crippen molar-refractivity contribution in [1.29, 1.82) is 0 Å². The molecule has 19 heavy (non-hydrogen) atoms. The molecule has 0 unspecified atom stereocenters. The highest BCUT2D eigenvalue weighted by Gasteiger charge is 2.21. The van der Waals surface area contributed by atoms with Crippen molar-refractivity contribution < 1.29 is 9.90 Å². The number of carbonyl (C=O) groups excluding carboxylic acids is 1. The first kappa shape index (κ1) is 15.3. The summed E-state index contributed by atoms with van der Waals surface area (Å²) < 4.78 is 0. The summed E-state index contributed by atoms with van der Waals surface area (Å²) in [7, 11) is 1.59. The fraction of sp³-hybridized carbons (Fsp3) is 0.500. The van der Waals surface area contributed by atoms with Crippen LogP contribution in [0, 0.1) is 0 Å². The minimum absolute atomic E-state index is 0.163. The van der Waals surface area contributed by atoms with Crippen LogP contribution in [0.25, 0.3) is 0 Å². The van der Waals surface area contributed by atoms with Gasteiger partial charge in [-0.3, -0.25) is 4.79 Å². The number of amides is 1. The second kappa shape index (κ2) is 5.93. The van der Waals surface area contributed by atoms with E-state index in [1.165, 1.54) is 0 Å². The molecule has 0 bridgehead atoms. The largest absolute Gasteiger partial charge is 0.399 e. The fourth-order valence-electron chi connectivity index (χ4n) is 1.97. The molecule has 1 amide bonds. The molecule has 0 aliphatic heterocycles. The third-order valence-corrected chi connectivity index (χ3v) is 2.79. The Morgan fingerprint density at radius 1 is 1.47 bits per heavy atom. The third kappa shape index (κ3) is 4.13. The molecule has 0 saturated carbocycles. The van der Waals surface area contributed by atoms with Gasteiger partial charge in [0.05, 0.1) is 16.9 Å². The molecule has 0 aliphatic rings. The number of nitrogens with two attached hydrogens (primary N) is 1. The number of benzene rings is 1. The van der Waals surface area contributed by atoms with Crippen LogP contribution >= 0.6 is 0 Å². The molecular weight excluding hydrogens is 242 g/mol. The minimum atomic E-state index is -0.847. The van der Waals surface area contributed by atoms with E-state index >= 15 is 0 Å². The van der Waals surface area contributed by atoms with Crippen LogP contribution in [-0.4, -0.2) is 36.8 Å². The van der Waals surface area contributed by atoms with Crippen LogP contribution in [0.5, 0.6) is 0 Å². The Kier molecular flexibility index (Phi) is 4.78. The summed E-state index contributed by atoms with van der Waals surface area (Å²) in [6.45, 7) is 6.56. The Morgan fingerprint density at radius 2 is 2.11 bits per heavy atom. The van der Waals surface area contributed by atoms with Crippen LogP contribution in [0.15, 0.2) is 18.2 Å².